The Hall–Kier alpha value is -0.900. The van der Waals surface area contributed by atoms with Crippen molar-refractivity contribution in [3.63, 3.8) is 0 Å². The molecule has 1 heterocycles. The summed E-state index contributed by atoms with van der Waals surface area (Å²) in [6.07, 6.45) is 1.65. The topological polar surface area (TPSA) is 42.0 Å². The van der Waals surface area contributed by atoms with Gasteiger partial charge in [0.1, 0.15) is 4.88 Å². The van der Waals surface area contributed by atoms with E-state index in [1.165, 1.54) is 11.3 Å². The zero-order valence-electron chi connectivity index (χ0n) is 11.3. The van der Waals surface area contributed by atoms with Crippen LogP contribution in [0.1, 0.15) is 42.4 Å². The lowest BCUT2D eigenvalue weighted by Gasteiger charge is -2.24. The molecule has 96 valence electrons. The van der Waals surface area contributed by atoms with Crippen molar-refractivity contribution in [2.45, 2.75) is 34.6 Å². The molecule has 1 N–H and O–H groups in total. The van der Waals surface area contributed by atoms with Crippen LogP contribution >= 0.6 is 11.3 Å². The standard InChI is InChI=1S/C13H22N2OS/c1-8(2)11(9(3)4)6-15-13(16)12-7-14-10(5)17-12/h7-9,11H,6H2,1-5H3,(H,15,16). The van der Waals surface area contributed by atoms with Crippen molar-refractivity contribution in [1.82, 2.24) is 10.3 Å². The Balaban J connectivity index is 2.52. The first-order valence-corrected chi connectivity index (χ1v) is 6.94. The maximum atomic E-state index is 11.9. The van der Waals surface area contributed by atoms with E-state index >= 15 is 0 Å². The number of nitrogens with one attached hydrogen (secondary N) is 1. The third-order valence-electron chi connectivity index (χ3n) is 3.06. The van der Waals surface area contributed by atoms with Crippen LogP contribution in [0.2, 0.25) is 0 Å². The van der Waals surface area contributed by atoms with Crippen LogP contribution in [0.3, 0.4) is 0 Å². The number of hydrogen-bond donors (Lipinski definition) is 1. The summed E-state index contributed by atoms with van der Waals surface area (Å²) >= 11 is 1.44. The van der Waals surface area contributed by atoms with E-state index < -0.39 is 0 Å². The minimum absolute atomic E-state index is 0.00176. The lowest BCUT2D eigenvalue weighted by atomic mass is 9.85. The van der Waals surface area contributed by atoms with Gasteiger partial charge in [0, 0.05) is 6.54 Å². The third-order valence-corrected chi connectivity index (χ3v) is 3.97. The van der Waals surface area contributed by atoms with Crippen LogP contribution in [-0.2, 0) is 0 Å². The quantitative estimate of drug-likeness (QED) is 0.877. The molecule has 3 nitrogen and oxygen atoms in total. The van der Waals surface area contributed by atoms with Crippen molar-refractivity contribution in [2.24, 2.45) is 17.8 Å². The SMILES string of the molecule is Cc1ncc(C(=O)NCC(C(C)C)C(C)C)s1. The first kappa shape index (κ1) is 14.2. The molecule has 17 heavy (non-hydrogen) atoms. The van der Waals surface area contributed by atoms with Gasteiger partial charge in [0.15, 0.2) is 0 Å². The van der Waals surface area contributed by atoms with Crippen LogP contribution in [-0.4, -0.2) is 17.4 Å². The van der Waals surface area contributed by atoms with Crippen molar-refractivity contribution in [2.75, 3.05) is 6.54 Å². The molecule has 0 saturated carbocycles. The van der Waals surface area contributed by atoms with Gasteiger partial charge in [0.05, 0.1) is 11.2 Å². The minimum Gasteiger partial charge on any atom is -0.351 e. The van der Waals surface area contributed by atoms with Gasteiger partial charge in [-0.15, -0.1) is 11.3 Å². The van der Waals surface area contributed by atoms with E-state index in [2.05, 4.69) is 38.0 Å². The summed E-state index contributed by atoms with van der Waals surface area (Å²) in [7, 11) is 0. The maximum Gasteiger partial charge on any atom is 0.263 e. The smallest absolute Gasteiger partial charge is 0.263 e. The molecule has 0 aliphatic rings. The Morgan fingerprint density at radius 2 is 1.94 bits per heavy atom. The van der Waals surface area contributed by atoms with Crippen molar-refractivity contribution in [3.05, 3.63) is 16.1 Å². The largest absolute Gasteiger partial charge is 0.351 e. The van der Waals surface area contributed by atoms with Gasteiger partial charge in [-0.2, -0.15) is 0 Å². The third kappa shape index (κ3) is 4.11. The second-order valence-corrected chi connectivity index (χ2v) is 6.34. The number of hydrogen-bond acceptors (Lipinski definition) is 3. The molecule has 1 amide bonds. The lowest BCUT2D eigenvalue weighted by molar-refractivity contribution is 0.0941. The van der Waals surface area contributed by atoms with E-state index in [9.17, 15) is 4.79 Å². The maximum absolute atomic E-state index is 11.9. The summed E-state index contributed by atoms with van der Waals surface area (Å²) < 4.78 is 0. The van der Waals surface area contributed by atoms with Crippen LogP contribution in [0.25, 0.3) is 0 Å². The van der Waals surface area contributed by atoms with Crippen molar-refractivity contribution in [1.29, 1.82) is 0 Å². The van der Waals surface area contributed by atoms with Crippen molar-refractivity contribution >= 4 is 17.2 Å². The molecular weight excluding hydrogens is 232 g/mol. The Kier molecular flexibility index (Phi) is 5.12. The van der Waals surface area contributed by atoms with Gasteiger partial charge in [-0.1, -0.05) is 27.7 Å². The lowest BCUT2D eigenvalue weighted by Crippen LogP contribution is -2.33. The van der Waals surface area contributed by atoms with Gasteiger partial charge in [0.25, 0.3) is 5.91 Å². The number of carbonyl (C=O) groups is 1. The molecule has 1 rings (SSSR count). The van der Waals surface area contributed by atoms with Crippen LogP contribution < -0.4 is 5.32 Å². The second-order valence-electron chi connectivity index (χ2n) is 5.11. The monoisotopic (exact) mass is 254 g/mol. The molecule has 0 bridgehead atoms. The summed E-state index contributed by atoms with van der Waals surface area (Å²) in [6.45, 7) is 11.5. The number of thiazole rings is 1. The predicted octanol–water partition coefficient (Wildman–Crippen LogP) is 3.11. The van der Waals surface area contributed by atoms with Crippen molar-refractivity contribution < 1.29 is 4.79 Å². The van der Waals surface area contributed by atoms with E-state index in [-0.39, 0.29) is 5.91 Å². The molecule has 0 aliphatic carbocycles. The summed E-state index contributed by atoms with van der Waals surface area (Å²) in [6, 6.07) is 0. The van der Waals surface area contributed by atoms with E-state index in [1.54, 1.807) is 6.20 Å². The Morgan fingerprint density at radius 1 is 1.35 bits per heavy atom. The first-order chi connectivity index (χ1) is 7.91. The fourth-order valence-electron chi connectivity index (χ4n) is 2.01. The van der Waals surface area contributed by atoms with Gasteiger partial charge >= 0.3 is 0 Å². The summed E-state index contributed by atoms with van der Waals surface area (Å²) in [5.74, 6) is 1.69. The summed E-state index contributed by atoms with van der Waals surface area (Å²) in [5.41, 5.74) is 0. The highest BCUT2D eigenvalue weighted by atomic mass is 32.1. The molecule has 0 aliphatic heterocycles. The van der Waals surface area contributed by atoms with E-state index in [0.29, 0.717) is 22.6 Å². The molecule has 0 saturated heterocycles. The molecule has 0 fully saturated rings. The number of rotatable bonds is 5. The van der Waals surface area contributed by atoms with Gasteiger partial charge < -0.3 is 5.32 Å². The average molecular weight is 254 g/mol. The molecule has 1 aromatic rings. The van der Waals surface area contributed by atoms with Crippen LogP contribution in [0.5, 0.6) is 0 Å². The van der Waals surface area contributed by atoms with Gasteiger partial charge in [-0.25, -0.2) is 4.98 Å². The highest BCUT2D eigenvalue weighted by Gasteiger charge is 2.19. The Bertz CT molecular complexity index is 363. The highest BCUT2D eigenvalue weighted by Crippen LogP contribution is 2.20. The highest BCUT2D eigenvalue weighted by molar-refractivity contribution is 7.13. The summed E-state index contributed by atoms with van der Waals surface area (Å²) in [4.78, 5) is 16.7. The fraction of sp³-hybridized carbons (Fsp3) is 0.692. The van der Waals surface area contributed by atoms with E-state index in [4.69, 9.17) is 0 Å². The number of aromatic nitrogens is 1. The van der Waals surface area contributed by atoms with Crippen LogP contribution in [0.15, 0.2) is 6.20 Å². The normalized spacial score (nSPS) is 11.5. The van der Waals surface area contributed by atoms with Crippen LogP contribution in [0, 0.1) is 24.7 Å². The number of amides is 1. The number of aryl methyl sites for hydroxylation is 1. The molecule has 0 spiro atoms. The number of carbonyl (C=O) groups excluding carboxylic acids is 1. The summed E-state index contributed by atoms with van der Waals surface area (Å²) in [5, 5.41) is 3.94. The zero-order valence-corrected chi connectivity index (χ0v) is 12.1. The zero-order chi connectivity index (χ0) is 13.0. The average Bonchev–Trinajstić information content (AvgIpc) is 2.63. The minimum atomic E-state index is 0.00176. The Morgan fingerprint density at radius 3 is 2.35 bits per heavy atom. The fourth-order valence-corrected chi connectivity index (χ4v) is 2.70. The van der Waals surface area contributed by atoms with Gasteiger partial charge in [-0.05, 0) is 24.7 Å². The predicted molar refractivity (Wildman–Crippen MR) is 72.4 cm³/mol. The molecule has 0 atom stereocenters. The molecule has 0 unspecified atom stereocenters. The van der Waals surface area contributed by atoms with Crippen molar-refractivity contribution in [3.8, 4) is 0 Å². The van der Waals surface area contributed by atoms with E-state index in [0.717, 1.165) is 11.6 Å². The molecule has 0 aromatic carbocycles. The molecular formula is C13H22N2OS. The van der Waals surface area contributed by atoms with Gasteiger partial charge in [-0.3, -0.25) is 4.79 Å². The van der Waals surface area contributed by atoms with E-state index in [1.807, 2.05) is 6.92 Å². The molecule has 0 radical (unpaired) electrons. The Labute approximate surface area is 108 Å². The molecule has 1 aromatic heterocycles. The van der Waals surface area contributed by atoms with Gasteiger partial charge in [0.2, 0.25) is 0 Å². The second kappa shape index (κ2) is 6.15. The first-order valence-electron chi connectivity index (χ1n) is 6.12. The van der Waals surface area contributed by atoms with Crippen LogP contribution in [0.4, 0.5) is 0 Å². The number of nitrogens with zero attached hydrogens (tertiary/aromatic N) is 1. The molecule has 4 heteroatoms.